The van der Waals surface area contributed by atoms with Crippen LogP contribution in [0.5, 0.6) is 11.5 Å². The van der Waals surface area contributed by atoms with Crippen LogP contribution in [0.3, 0.4) is 0 Å². The second kappa shape index (κ2) is 5.27. The SMILES string of the molecule is NCc1cccc2c(COc3cccc(O)c3)coc12. The Hall–Kier alpha value is -2.46. The first-order valence-corrected chi connectivity index (χ1v) is 6.38. The first-order valence-electron chi connectivity index (χ1n) is 6.38. The molecule has 0 aliphatic rings. The smallest absolute Gasteiger partial charge is 0.138 e. The number of hydrogen-bond acceptors (Lipinski definition) is 4. The van der Waals surface area contributed by atoms with E-state index in [-0.39, 0.29) is 5.75 Å². The maximum Gasteiger partial charge on any atom is 0.138 e. The number of aromatic hydroxyl groups is 1. The Morgan fingerprint density at radius 3 is 2.75 bits per heavy atom. The Kier molecular flexibility index (Phi) is 3.31. The van der Waals surface area contributed by atoms with Gasteiger partial charge in [-0.3, -0.25) is 0 Å². The molecule has 0 unspecified atom stereocenters. The van der Waals surface area contributed by atoms with E-state index in [4.69, 9.17) is 14.9 Å². The van der Waals surface area contributed by atoms with Crippen molar-refractivity contribution in [3.05, 3.63) is 59.9 Å². The van der Waals surface area contributed by atoms with Gasteiger partial charge >= 0.3 is 0 Å². The van der Waals surface area contributed by atoms with Crippen molar-refractivity contribution in [3.8, 4) is 11.5 Å². The predicted octanol–water partition coefficient (Wildman–Crippen LogP) is 3.18. The number of benzene rings is 2. The van der Waals surface area contributed by atoms with Crippen LogP contribution < -0.4 is 10.5 Å². The first-order chi connectivity index (χ1) is 9.78. The fourth-order valence-electron chi connectivity index (χ4n) is 2.18. The molecule has 0 atom stereocenters. The number of phenolic OH excluding ortho intramolecular Hbond substituents is 1. The summed E-state index contributed by atoms with van der Waals surface area (Å²) in [6.07, 6.45) is 1.69. The van der Waals surface area contributed by atoms with Crippen LogP contribution in [-0.4, -0.2) is 5.11 Å². The van der Waals surface area contributed by atoms with Crippen molar-refractivity contribution in [2.75, 3.05) is 0 Å². The van der Waals surface area contributed by atoms with E-state index < -0.39 is 0 Å². The number of hydrogen-bond donors (Lipinski definition) is 2. The van der Waals surface area contributed by atoms with Crippen LogP contribution in [0.15, 0.2) is 53.1 Å². The third kappa shape index (κ3) is 2.33. The van der Waals surface area contributed by atoms with Crippen LogP contribution in [0, 0.1) is 0 Å². The van der Waals surface area contributed by atoms with E-state index >= 15 is 0 Å². The van der Waals surface area contributed by atoms with Gasteiger partial charge in [-0.1, -0.05) is 24.3 Å². The van der Waals surface area contributed by atoms with E-state index in [0.29, 0.717) is 18.9 Å². The van der Waals surface area contributed by atoms with Gasteiger partial charge in [-0.15, -0.1) is 0 Å². The summed E-state index contributed by atoms with van der Waals surface area (Å²) in [5.74, 6) is 0.805. The highest BCUT2D eigenvalue weighted by molar-refractivity contribution is 5.83. The highest BCUT2D eigenvalue weighted by atomic mass is 16.5. The van der Waals surface area contributed by atoms with Crippen LogP contribution >= 0.6 is 0 Å². The van der Waals surface area contributed by atoms with Gasteiger partial charge in [0.05, 0.1) is 6.26 Å². The molecule has 4 heteroatoms. The summed E-state index contributed by atoms with van der Waals surface area (Å²) in [7, 11) is 0. The van der Waals surface area contributed by atoms with Gasteiger partial charge in [0.1, 0.15) is 23.7 Å². The molecule has 0 radical (unpaired) electrons. The van der Waals surface area contributed by atoms with Crippen molar-refractivity contribution in [2.45, 2.75) is 13.2 Å². The number of ether oxygens (including phenoxy) is 1. The number of fused-ring (bicyclic) bond motifs is 1. The van der Waals surface area contributed by atoms with Crippen molar-refractivity contribution in [3.63, 3.8) is 0 Å². The second-order valence-electron chi connectivity index (χ2n) is 4.54. The Morgan fingerprint density at radius 1 is 1.10 bits per heavy atom. The van der Waals surface area contributed by atoms with Crippen molar-refractivity contribution in [1.29, 1.82) is 0 Å². The van der Waals surface area contributed by atoms with Crippen LogP contribution in [0.2, 0.25) is 0 Å². The Morgan fingerprint density at radius 2 is 1.95 bits per heavy atom. The van der Waals surface area contributed by atoms with Crippen molar-refractivity contribution >= 4 is 11.0 Å². The van der Waals surface area contributed by atoms with E-state index in [1.807, 2.05) is 18.2 Å². The van der Waals surface area contributed by atoms with Gasteiger partial charge in [0, 0.05) is 29.1 Å². The first kappa shape index (κ1) is 12.6. The Bertz CT molecular complexity index is 733. The zero-order valence-corrected chi connectivity index (χ0v) is 10.9. The van der Waals surface area contributed by atoms with E-state index in [9.17, 15) is 5.11 Å². The molecule has 0 aliphatic heterocycles. The standard InChI is InChI=1S/C16H15NO3/c17-8-11-3-1-6-15-12(10-20-16(11)15)9-19-14-5-2-4-13(18)7-14/h1-7,10,18H,8-9,17H2. The molecule has 2 aromatic carbocycles. The van der Waals surface area contributed by atoms with Gasteiger partial charge < -0.3 is 20.0 Å². The van der Waals surface area contributed by atoms with E-state index in [1.165, 1.54) is 0 Å². The minimum Gasteiger partial charge on any atom is -0.508 e. The molecule has 4 nitrogen and oxygen atoms in total. The summed E-state index contributed by atoms with van der Waals surface area (Å²) in [6.45, 7) is 0.822. The van der Waals surface area contributed by atoms with Crippen molar-refractivity contribution in [1.82, 2.24) is 0 Å². The summed E-state index contributed by atoms with van der Waals surface area (Å²) < 4.78 is 11.2. The van der Waals surface area contributed by atoms with E-state index in [0.717, 1.165) is 22.1 Å². The summed E-state index contributed by atoms with van der Waals surface area (Å²) >= 11 is 0. The molecular formula is C16H15NO3. The largest absolute Gasteiger partial charge is 0.508 e. The van der Waals surface area contributed by atoms with E-state index in [2.05, 4.69) is 0 Å². The molecule has 0 aliphatic carbocycles. The normalized spacial score (nSPS) is 10.8. The molecular weight excluding hydrogens is 254 g/mol. The Labute approximate surface area is 116 Å². The molecule has 3 rings (SSSR count). The predicted molar refractivity (Wildman–Crippen MR) is 76.5 cm³/mol. The van der Waals surface area contributed by atoms with Gasteiger partial charge in [-0.25, -0.2) is 0 Å². The molecule has 102 valence electrons. The minimum atomic E-state index is 0.185. The average Bonchev–Trinajstić information content (AvgIpc) is 2.88. The van der Waals surface area contributed by atoms with Gasteiger partial charge in [0.15, 0.2) is 0 Å². The third-order valence-electron chi connectivity index (χ3n) is 3.19. The summed E-state index contributed by atoms with van der Waals surface area (Å²) in [6, 6.07) is 12.6. The number of nitrogens with two attached hydrogens (primary N) is 1. The molecule has 0 spiro atoms. The summed E-state index contributed by atoms with van der Waals surface area (Å²) in [5.41, 5.74) is 8.43. The maximum atomic E-state index is 9.40. The van der Waals surface area contributed by atoms with Gasteiger partial charge in [0.2, 0.25) is 0 Å². The monoisotopic (exact) mass is 269 g/mol. The number of rotatable bonds is 4. The fraction of sp³-hybridized carbons (Fsp3) is 0.125. The zero-order chi connectivity index (χ0) is 13.9. The highest BCUT2D eigenvalue weighted by Gasteiger charge is 2.09. The molecule has 0 bridgehead atoms. The molecule has 0 fully saturated rings. The maximum absolute atomic E-state index is 9.40. The lowest BCUT2D eigenvalue weighted by atomic mass is 10.1. The lowest BCUT2D eigenvalue weighted by Crippen LogP contribution is -1.97. The molecule has 0 saturated carbocycles. The minimum absolute atomic E-state index is 0.185. The lowest BCUT2D eigenvalue weighted by molar-refractivity contribution is 0.304. The quantitative estimate of drug-likeness (QED) is 0.763. The molecule has 1 heterocycles. The lowest BCUT2D eigenvalue weighted by Gasteiger charge is -2.05. The molecule has 3 aromatic rings. The summed E-state index contributed by atoms with van der Waals surface area (Å²) in [5, 5.41) is 10.4. The van der Waals surface area contributed by atoms with Crippen molar-refractivity contribution in [2.24, 2.45) is 5.73 Å². The second-order valence-corrected chi connectivity index (χ2v) is 4.54. The van der Waals surface area contributed by atoms with Gasteiger partial charge in [0.25, 0.3) is 0 Å². The topological polar surface area (TPSA) is 68.6 Å². The van der Waals surface area contributed by atoms with E-state index in [1.54, 1.807) is 30.5 Å². The zero-order valence-electron chi connectivity index (χ0n) is 10.9. The van der Waals surface area contributed by atoms with Crippen molar-refractivity contribution < 1.29 is 14.3 Å². The molecule has 3 N–H and O–H groups in total. The number of furan rings is 1. The van der Waals surface area contributed by atoms with Gasteiger partial charge in [-0.05, 0) is 12.1 Å². The average molecular weight is 269 g/mol. The molecule has 20 heavy (non-hydrogen) atoms. The van der Waals surface area contributed by atoms with Gasteiger partial charge in [-0.2, -0.15) is 0 Å². The number of phenols is 1. The van der Waals surface area contributed by atoms with Crippen LogP contribution in [0.25, 0.3) is 11.0 Å². The highest BCUT2D eigenvalue weighted by Crippen LogP contribution is 2.26. The third-order valence-corrected chi connectivity index (χ3v) is 3.19. The molecule has 0 saturated heterocycles. The number of para-hydroxylation sites is 1. The summed E-state index contributed by atoms with van der Waals surface area (Å²) in [4.78, 5) is 0. The molecule has 0 amide bonds. The van der Waals surface area contributed by atoms with Crippen LogP contribution in [-0.2, 0) is 13.2 Å². The molecule has 1 aromatic heterocycles. The Balaban J connectivity index is 1.85. The van der Waals surface area contributed by atoms with Crippen LogP contribution in [0.4, 0.5) is 0 Å². The van der Waals surface area contributed by atoms with Crippen LogP contribution in [0.1, 0.15) is 11.1 Å². The fourth-order valence-corrected chi connectivity index (χ4v) is 2.18.